The van der Waals surface area contributed by atoms with Crippen LogP contribution in [-0.4, -0.2) is 42.8 Å². The van der Waals surface area contributed by atoms with Gasteiger partial charge < -0.3 is 15.4 Å². The number of carbonyl (C=O) groups is 1. The number of hydrogen-bond donors (Lipinski definition) is 1. The zero-order valence-electron chi connectivity index (χ0n) is 12.3. The van der Waals surface area contributed by atoms with Crippen molar-refractivity contribution in [1.82, 2.24) is 4.90 Å². The van der Waals surface area contributed by atoms with Gasteiger partial charge in [-0.25, -0.2) is 0 Å². The molecule has 2 N–H and O–H groups in total. The number of carbonyl (C=O) groups excluding carboxylic acids is 1. The highest BCUT2D eigenvalue weighted by Crippen LogP contribution is 2.20. The first kappa shape index (κ1) is 19.1. The zero-order valence-corrected chi connectivity index (χ0v) is 14.0. The van der Waals surface area contributed by atoms with Crippen LogP contribution in [0.15, 0.2) is 29.2 Å². The van der Waals surface area contributed by atoms with Gasteiger partial charge in [0.15, 0.2) is 6.10 Å². The van der Waals surface area contributed by atoms with Crippen molar-refractivity contribution in [3.05, 3.63) is 24.3 Å². The van der Waals surface area contributed by atoms with E-state index in [1.54, 1.807) is 30.6 Å². The van der Waals surface area contributed by atoms with Crippen LogP contribution in [0.2, 0.25) is 0 Å². The monoisotopic (exact) mass is 318 g/mol. The Kier molecular flexibility index (Phi) is 8.69. The van der Waals surface area contributed by atoms with Crippen LogP contribution >= 0.6 is 24.2 Å². The SMILES string of the molecule is CSc1ccc(OC(C)C(=O)N(C)C(C)CN)cc1.Cl. The molecule has 1 rings (SSSR count). The van der Waals surface area contributed by atoms with Gasteiger partial charge in [-0.1, -0.05) is 0 Å². The summed E-state index contributed by atoms with van der Waals surface area (Å²) in [6.07, 6.45) is 1.50. The van der Waals surface area contributed by atoms with E-state index >= 15 is 0 Å². The minimum Gasteiger partial charge on any atom is -0.481 e. The summed E-state index contributed by atoms with van der Waals surface area (Å²) in [6, 6.07) is 7.72. The summed E-state index contributed by atoms with van der Waals surface area (Å²) in [4.78, 5) is 14.9. The first-order chi connectivity index (χ1) is 8.99. The minimum atomic E-state index is -0.515. The van der Waals surface area contributed by atoms with Gasteiger partial charge in [0, 0.05) is 24.5 Å². The van der Waals surface area contributed by atoms with Gasteiger partial charge >= 0.3 is 0 Å². The van der Waals surface area contributed by atoms with Gasteiger partial charge in [0.1, 0.15) is 5.75 Å². The Bertz CT molecular complexity index is 414. The topological polar surface area (TPSA) is 55.6 Å². The summed E-state index contributed by atoms with van der Waals surface area (Å²) < 4.78 is 5.65. The van der Waals surface area contributed by atoms with E-state index in [1.165, 1.54) is 4.90 Å². The van der Waals surface area contributed by atoms with Gasteiger partial charge in [-0.15, -0.1) is 24.2 Å². The zero-order chi connectivity index (χ0) is 14.4. The molecule has 0 fully saturated rings. The number of rotatable bonds is 6. The van der Waals surface area contributed by atoms with Gasteiger partial charge in [-0.05, 0) is 44.4 Å². The molecule has 1 aromatic rings. The summed E-state index contributed by atoms with van der Waals surface area (Å²) in [5.41, 5.74) is 5.56. The second-order valence-electron chi connectivity index (χ2n) is 4.47. The molecule has 0 saturated carbocycles. The van der Waals surface area contributed by atoms with E-state index in [2.05, 4.69) is 0 Å². The summed E-state index contributed by atoms with van der Waals surface area (Å²) in [5, 5.41) is 0. The minimum absolute atomic E-state index is 0. The third-order valence-corrected chi connectivity index (χ3v) is 3.81. The molecule has 0 aliphatic carbocycles. The molecule has 2 atom stereocenters. The molecule has 0 spiro atoms. The van der Waals surface area contributed by atoms with Crippen LogP contribution in [0.25, 0.3) is 0 Å². The normalized spacial score (nSPS) is 13.1. The van der Waals surface area contributed by atoms with Crippen LogP contribution in [-0.2, 0) is 4.79 Å². The van der Waals surface area contributed by atoms with E-state index in [1.807, 2.05) is 37.4 Å². The quantitative estimate of drug-likeness (QED) is 0.818. The van der Waals surface area contributed by atoms with E-state index in [0.717, 1.165) is 0 Å². The standard InChI is InChI=1S/C14H22N2O2S.ClH/c1-10(9-15)16(3)14(17)11(2)18-12-5-7-13(19-4)8-6-12;/h5-8,10-11H,9,15H2,1-4H3;1H. The van der Waals surface area contributed by atoms with Gasteiger partial charge in [-0.3, -0.25) is 4.79 Å². The van der Waals surface area contributed by atoms with E-state index < -0.39 is 6.10 Å². The Morgan fingerprint density at radius 2 is 1.90 bits per heavy atom. The maximum Gasteiger partial charge on any atom is 0.263 e. The van der Waals surface area contributed by atoms with Crippen LogP contribution < -0.4 is 10.5 Å². The Morgan fingerprint density at radius 1 is 1.35 bits per heavy atom. The molecule has 0 saturated heterocycles. The van der Waals surface area contributed by atoms with Crippen LogP contribution in [0.4, 0.5) is 0 Å². The summed E-state index contributed by atoms with van der Waals surface area (Å²) in [6.45, 7) is 4.11. The number of halogens is 1. The number of amides is 1. The third-order valence-electron chi connectivity index (χ3n) is 3.07. The summed E-state index contributed by atoms with van der Waals surface area (Å²) in [7, 11) is 1.75. The first-order valence-corrected chi connectivity index (χ1v) is 7.49. The molecule has 4 nitrogen and oxygen atoms in total. The average Bonchev–Trinajstić information content (AvgIpc) is 2.45. The number of benzene rings is 1. The molecule has 1 aromatic carbocycles. The second kappa shape index (κ2) is 9.10. The van der Waals surface area contributed by atoms with E-state index in [9.17, 15) is 4.79 Å². The number of likely N-dealkylation sites (N-methyl/N-ethyl adjacent to an activating group) is 1. The van der Waals surface area contributed by atoms with Crippen molar-refractivity contribution in [3.63, 3.8) is 0 Å². The van der Waals surface area contributed by atoms with Gasteiger partial charge in [0.25, 0.3) is 5.91 Å². The Hall–Kier alpha value is -0.910. The largest absolute Gasteiger partial charge is 0.481 e. The van der Waals surface area contributed by atoms with Crippen molar-refractivity contribution in [3.8, 4) is 5.75 Å². The summed E-state index contributed by atoms with van der Waals surface area (Å²) in [5.74, 6) is 0.638. The molecular weight excluding hydrogens is 296 g/mol. The van der Waals surface area contributed by atoms with Gasteiger partial charge in [0.2, 0.25) is 0 Å². The predicted octanol–water partition coefficient (Wildman–Crippen LogP) is 2.40. The second-order valence-corrected chi connectivity index (χ2v) is 5.35. The van der Waals surface area contributed by atoms with E-state index in [0.29, 0.717) is 12.3 Å². The smallest absolute Gasteiger partial charge is 0.263 e. The lowest BCUT2D eigenvalue weighted by Crippen LogP contribution is -2.45. The fraction of sp³-hybridized carbons (Fsp3) is 0.500. The fourth-order valence-corrected chi connectivity index (χ4v) is 1.98. The highest BCUT2D eigenvalue weighted by atomic mass is 35.5. The Balaban J connectivity index is 0.00000361. The number of hydrogen-bond acceptors (Lipinski definition) is 4. The Morgan fingerprint density at radius 3 is 2.35 bits per heavy atom. The molecule has 114 valence electrons. The molecule has 0 aliphatic rings. The molecule has 0 radical (unpaired) electrons. The Labute approximate surface area is 131 Å². The van der Waals surface area contributed by atoms with Crippen LogP contribution in [0, 0.1) is 0 Å². The fourth-order valence-electron chi connectivity index (χ4n) is 1.57. The highest BCUT2D eigenvalue weighted by molar-refractivity contribution is 7.98. The molecule has 0 bridgehead atoms. The van der Waals surface area contributed by atoms with Crippen molar-refractivity contribution in [2.24, 2.45) is 5.73 Å². The van der Waals surface area contributed by atoms with Crippen molar-refractivity contribution in [2.45, 2.75) is 30.9 Å². The van der Waals surface area contributed by atoms with Gasteiger partial charge in [-0.2, -0.15) is 0 Å². The van der Waals surface area contributed by atoms with Crippen molar-refractivity contribution in [1.29, 1.82) is 0 Å². The highest BCUT2D eigenvalue weighted by Gasteiger charge is 2.22. The molecule has 0 aromatic heterocycles. The van der Waals surface area contributed by atoms with Crippen LogP contribution in [0.5, 0.6) is 5.75 Å². The van der Waals surface area contributed by atoms with E-state index in [4.69, 9.17) is 10.5 Å². The summed E-state index contributed by atoms with van der Waals surface area (Å²) >= 11 is 1.67. The van der Waals surface area contributed by atoms with E-state index in [-0.39, 0.29) is 24.4 Å². The number of nitrogens with zero attached hydrogens (tertiary/aromatic N) is 1. The molecule has 2 unspecified atom stereocenters. The van der Waals surface area contributed by atoms with Crippen molar-refractivity contribution in [2.75, 3.05) is 19.8 Å². The number of ether oxygens (including phenoxy) is 1. The molecule has 0 heterocycles. The molecule has 0 aliphatic heterocycles. The maximum atomic E-state index is 12.1. The molecule has 1 amide bonds. The lowest BCUT2D eigenvalue weighted by Gasteiger charge is -2.26. The van der Waals surface area contributed by atoms with Crippen LogP contribution in [0.3, 0.4) is 0 Å². The number of nitrogens with two attached hydrogens (primary N) is 1. The van der Waals surface area contributed by atoms with Crippen molar-refractivity contribution >= 4 is 30.1 Å². The maximum absolute atomic E-state index is 12.1. The van der Waals surface area contributed by atoms with Crippen LogP contribution in [0.1, 0.15) is 13.8 Å². The average molecular weight is 319 g/mol. The third kappa shape index (κ3) is 5.23. The lowest BCUT2D eigenvalue weighted by atomic mass is 10.2. The first-order valence-electron chi connectivity index (χ1n) is 6.27. The lowest BCUT2D eigenvalue weighted by molar-refractivity contribution is -0.138. The predicted molar refractivity (Wildman–Crippen MR) is 86.8 cm³/mol. The number of thioether (sulfide) groups is 1. The molecule has 6 heteroatoms. The van der Waals surface area contributed by atoms with Gasteiger partial charge in [0.05, 0.1) is 0 Å². The molecular formula is C14H23ClN2O2S. The molecule has 20 heavy (non-hydrogen) atoms. The van der Waals surface area contributed by atoms with Crippen molar-refractivity contribution < 1.29 is 9.53 Å².